The van der Waals surface area contributed by atoms with Crippen LogP contribution in [0.4, 0.5) is 11.4 Å². The van der Waals surface area contributed by atoms with Gasteiger partial charge in [-0.05, 0) is 38.8 Å². The number of carbonyl (C=O) groups is 2. The topological polar surface area (TPSA) is 89.8 Å². The summed E-state index contributed by atoms with van der Waals surface area (Å²) in [6.45, 7) is 4.47. The highest BCUT2D eigenvalue weighted by Crippen LogP contribution is 2.32. The minimum atomic E-state index is -0.490. The first-order chi connectivity index (χ1) is 10.9. The summed E-state index contributed by atoms with van der Waals surface area (Å²) in [5.41, 5.74) is 0.635. The number of rotatable bonds is 5. The number of hydrogen-bond donors (Lipinski definition) is 0. The van der Waals surface area contributed by atoms with Gasteiger partial charge < -0.3 is 9.64 Å². The maximum Gasteiger partial charge on any atom is 0.310 e. The van der Waals surface area contributed by atoms with Crippen LogP contribution in [0.25, 0.3) is 0 Å². The van der Waals surface area contributed by atoms with Gasteiger partial charge in [0.2, 0.25) is 0 Å². The lowest BCUT2D eigenvalue weighted by Crippen LogP contribution is -2.39. The number of nitrogens with zero attached hydrogens (tertiary/aromatic N) is 2. The van der Waals surface area contributed by atoms with Gasteiger partial charge in [-0.15, -0.1) is 0 Å². The van der Waals surface area contributed by atoms with Crippen molar-refractivity contribution in [3.05, 3.63) is 33.9 Å². The molecular weight excluding hydrogens is 300 g/mol. The van der Waals surface area contributed by atoms with Crippen LogP contribution in [0.5, 0.6) is 0 Å². The number of nitro groups is 1. The first kappa shape index (κ1) is 16.9. The van der Waals surface area contributed by atoms with Gasteiger partial charge in [0, 0.05) is 24.7 Å². The van der Waals surface area contributed by atoms with E-state index in [9.17, 15) is 19.7 Å². The van der Waals surface area contributed by atoms with E-state index in [0.29, 0.717) is 37.4 Å². The number of ketones is 1. The van der Waals surface area contributed by atoms with Crippen LogP contribution >= 0.6 is 0 Å². The lowest BCUT2D eigenvalue weighted by molar-refractivity contribution is -0.384. The van der Waals surface area contributed by atoms with E-state index >= 15 is 0 Å². The first-order valence-electron chi connectivity index (χ1n) is 7.65. The van der Waals surface area contributed by atoms with Crippen molar-refractivity contribution < 1.29 is 19.2 Å². The fourth-order valence-electron chi connectivity index (χ4n) is 2.80. The van der Waals surface area contributed by atoms with Crippen LogP contribution in [0.3, 0.4) is 0 Å². The second kappa shape index (κ2) is 7.21. The zero-order valence-electron chi connectivity index (χ0n) is 13.3. The minimum Gasteiger partial charge on any atom is -0.466 e. The molecule has 0 spiro atoms. The van der Waals surface area contributed by atoms with E-state index in [1.54, 1.807) is 19.1 Å². The molecule has 7 nitrogen and oxygen atoms in total. The molecule has 1 aliphatic rings. The Morgan fingerprint density at radius 2 is 2.17 bits per heavy atom. The summed E-state index contributed by atoms with van der Waals surface area (Å²) >= 11 is 0. The Kier molecular flexibility index (Phi) is 5.31. The third-order valence-electron chi connectivity index (χ3n) is 3.96. The van der Waals surface area contributed by atoms with E-state index in [1.807, 2.05) is 4.90 Å². The molecule has 124 valence electrons. The van der Waals surface area contributed by atoms with E-state index < -0.39 is 4.92 Å². The SMILES string of the molecule is CCOC(=O)[C@@H]1CCCN(c2ccc(C(C)=O)cc2[N+](=O)[O-])C1. The number of hydrogen-bond acceptors (Lipinski definition) is 6. The molecule has 0 radical (unpaired) electrons. The molecule has 7 heteroatoms. The summed E-state index contributed by atoms with van der Waals surface area (Å²) in [6, 6.07) is 4.46. The Bertz CT molecular complexity index is 629. The van der Waals surface area contributed by atoms with Gasteiger partial charge >= 0.3 is 5.97 Å². The lowest BCUT2D eigenvalue weighted by atomic mass is 9.97. The molecule has 1 saturated heterocycles. The molecular formula is C16H20N2O5. The highest BCUT2D eigenvalue weighted by molar-refractivity contribution is 5.95. The van der Waals surface area contributed by atoms with E-state index in [4.69, 9.17) is 4.74 Å². The average Bonchev–Trinajstić information content (AvgIpc) is 2.54. The summed E-state index contributed by atoms with van der Waals surface area (Å²) in [5.74, 6) is -0.765. The maximum atomic E-state index is 11.9. The first-order valence-corrected chi connectivity index (χ1v) is 7.65. The van der Waals surface area contributed by atoms with Gasteiger partial charge in [0.05, 0.1) is 17.4 Å². The van der Waals surface area contributed by atoms with Crippen molar-refractivity contribution in [2.75, 3.05) is 24.6 Å². The quantitative estimate of drug-likeness (QED) is 0.358. The van der Waals surface area contributed by atoms with Crippen molar-refractivity contribution >= 4 is 23.1 Å². The lowest BCUT2D eigenvalue weighted by Gasteiger charge is -2.32. The third-order valence-corrected chi connectivity index (χ3v) is 3.96. The van der Waals surface area contributed by atoms with Crippen LogP contribution in [-0.4, -0.2) is 36.4 Å². The number of carbonyl (C=O) groups excluding carboxylic acids is 2. The molecule has 1 aliphatic heterocycles. The Balaban J connectivity index is 2.28. The van der Waals surface area contributed by atoms with Crippen molar-refractivity contribution in [2.45, 2.75) is 26.7 Å². The Labute approximate surface area is 134 Å². The molecule has 1 heterocycles. The van der Waals surface area contributed by atoms with E-state index in [2.05, 4.69) is 0 Å². The molecule has 1 aromatic rings. The minimum absolute atomic E-state index is 0.109. The van der Waals surface area contributed by atoms with Crippen LogP contribution in [0.15, 0.2) is 18.2 Å². The number of ether oxygens (including phenoxy) is 1. The number of Topliss-reactive ketones (excluding diaryl/α,β-unsaturated/α-hetero) is 1. The summed E-state index contributed by atoms with van der Waals surface area (Å²) in [4.78, 5) is 36.0. The van der Waals surface area contributed by atoms with Crippen LogP contribution < -0.4 is 4.90 Å². The predicted octanol–water partition coefficient (Wildman–Crippen LogP) is 2.58. The van der Waals surface area contributed by atoms with Crippen molar-refractivity contribution in [3.63, 3.8) is 0 Å². The van der Waals surface area contributed by atoms with Gasteiger partial charge in [0.15, 0.2) is 5.78 Å². The number of nitro benzene ring substituents is 1. The Morgan fingerprint density at radius 3 is 2.78 bits per heavy atom. The van der Waals surface area contributed by atoms with Gasteiger partial charge in [-0.1, -0.05) is 0 Å². The fourth-order valence-corrected chi connectivity index (χ4v) is 2.80. The average molecular weight is 320 g/mol. The third kappa shape index (κ3) is 3.85. The fraction of sp³-hybridized carbons (Fsp3) is 0.500. The second-order valence-electron chi connectivity index (χ2n) is 5.55. The van der Waals surface area contributed by atoms with Crippen LogP contribution in [-0.2, 0) is 9.53 Å². The second-order valence-corrected chi connectivity index (χ2v) is 5.55. The summed E-state index contributed by atoms with van der Waals surface area (Å²) in [7, 11) is 0. The molecule has 0 aromatic heterocycles. The smallest absolute Gasteiger partial charge is 0.310 e. The summed E-state index contributed by atoms with van der Waals surface area (Å²) in [5, 5.41) is 11.3. The van der Waals surface area contributed by atoms with Gasteiger partial charge in [-0.3, -0.25) is 19.7 Å². The summed E-state index contributed by atoms with van der Waals surface area (Å²) in [6.07, 6.45) is 1.48. The summed E-state index contributed by atoms with van der Waals surface area (Å²) < 4.78 is 5.05. The van der Waals surface area contributed by atoms with E-state index in [1.165, 1.54) is 13.0 Å². The van der Waals surface area contributed by atoms with Gasteiger partial charge in [-0.25, -0.2) is 0 Å². The highest BCUT2D eigenvalue weighted by atomic mass is 16.6. The zero-order chi connectivity index (χ0) is 17.0. The normalized spacial score (nSPS) is 17.7. The molecule has 23 heavy (non-hydrogen) atoms. The van der Waals surface area contributed by atoms with E-state index in [0.717, 1.165) is 6.42 Å². The number of benzene rings is 1. The molecule has 0 bridgehead atoms. The van der Waals surface area contributed by atoms with Crippen molar-refractivity contribution in [1.29, 1.82) is 0 Å². The molecule has 1 atom stereocenters. The van der Waals surface area contributed by atoms with Gasteiger partial charge in [-0.2, -0.15) is 0 Å². The van der Waals surface area contributed by atoms with E-state index in [-0.39, 0.29) is 23.4 Å². The predicted molar refractivity (Wildman–Crippen MR) is 84.7 cm³/mol. The van der Waals surface area contributed by atoms with Crippen LogP contribution in [0, 0.1) is 16.0 Å². The molecule has 0 aliphatic carbocycles. The van der Waals surface area contributed by atoms with Crippen molar-refractivity contribution in [1.82, 2.24) is 0 Å². The van der Waals surface area contributed by atoms with Gasteiger partial charge in [0.25, 0.3) is 5.69 Å². The molecule has 2 rings (SSSR count). The van der Waals surface area contributed by atoms with Crippen molar-refractivity contribution in [3.8, 4) is 0 Å². The number of anilines is 1. The largest absolute Gasteiger partial charge is 0.466 e. The van der Waals surface area contributed by atoms with Crippen LogP contribution in [0.2, 0.25) is 0 Å². The Hall–Kier alpha value is -2.44. The monoisotopic (exact) mass is 320 g/mol. The Morgan fingerprint density at radius 1 is 1.43 bits per heavy atom. The number of esters is 1. The molecule has 0 amide bonds. The maximum absolute atomic E-state index is 11.9. The molecule has 0 N–H and O–H groups in total. The highest BCUT2D eigenvalue weighted by Gasteiger charge is 2.30. The molecule has 1 aromatic carbocycles. The number of piperidine rings is 1. The van der Waals surface area contributed by atoms with Gasteiger partial charge in [0.1, 0.15) is 5.69 Å². The molecule has 0 unspecified atom stereocenters. The standard InChI is InChI=1S/C16H20N2O5/c1-3-23-16(20)13-5-4-8-17(10-13)14-7-6-12(11(2)19)9-15(14)18(21)22/h6-7,9,13H,3-5,8,10H2,1-2H3/t13-/m1/s1. The van der Waals surface area contributed by atoms with Crippen LogP contribution in [0.1, 0.15) is 37.0 Å². The zero-order valence-corrected chi connectivity index (χ0v) is 13.3. The molecule has 1 fully saturated rings. The molecule has 0 saturated carbocycles. The van der Waals surface area contributed by atoms with Crippen molar-refractivity contribution in [2.24, 2.45) is 5.92 Å².